The number of aliphatic carboxylic acids is 1. The summed E-state index contributed by atoms with van der Waals surface area (Å²) in [7, 11) is 0. The van der Waals surface area contributed by atoms with Gasteiger partial charge in [0, 0.05) is 44.5 Å². The Bertz CT molecular complexity index is 1620. The van der Waals surface area contributed by atoms with Gasteiger partial charge >= 0.3 is 5.97 Å². The van der Waals surface area contributed by atoms with Crippen molar-refractivity contribution in [3.05, 3.63) is 91.9 Å². The minimum Gasteiger partial charge on any atom is -0.481 e. The molecule has 42 heavy (non-hydrogen) atoms. The van der Waals surface area contributed by atoms with Gasteiger partial charge in [-0.15, -0.1) is 0 Å². The molecule has 0 saturated carbocycles. The number of anilines is 2. The third-order valence-electron chi connectivity index (χ3n) is 8.13. The van der Waals surface area contributed by atoms with Gasteiger partial charge in [0.25, 0.3) is 0 Å². The maximum atomic E-state index is 14.0. The number of rotatable bonds is 5. The molecule has 2 N–H and O–H groups in total. The number of aryl methyl sites for hydroxylation is 1. The molecule has 3 aromatic carbocycles. The third-order valence-corrected chi connectivity index (χ3v) is 10.0. The van der Waals surface area contributed by atoms with Gasteiger partial charge in [0.15, 0.2) is 0 Å². The van der Waals surface area contributed by atoms with Gasteiger partial charge in [-0.3, -0.25) is 19.2 Å². The molecule has 11 heteroatoms. The van der Waals surface area contributed by atoms with E-state index in [1.165, 1.54) is 6.07 Å². The zero-order valence-corrected chi connectivity index (χ0v) is 25.6. The summed E-state index contributed by atoms with van der Waals surface area (Å²) in [6, 6.07) is 17.0. The van der Waals surface area contributed by atoms with Crippen LogP contribution in [0.3, 0.4) is 0 Å². The molecule has 0 radical (unpaired) electrons. The van der Waals surface area contributed by atoms with E-state index in [1.54, 1.807) is 49.4 Å². The number of hydrogen-bond acceptors (Lipinski definition) is 7. The summed E-state index contributed by atoms with van der Waals surface area (Å²) in [6.45, 7) is 4.54. The first-order valence-electron chi connectivity index (χ1n) is 13.4. The predicted octanol–water partition coefficient (Wildman–Crippen LogP) is 5.20. The van der Waals surface area contributed by atoms with Crippen LogP contribution in [0.15, 0.2) is 69.6 Å². The first-order valence-corrected chi connectivity index (χ1v) is 15.0. The van der Waals surface area contributed by atoms with Gasteiger partial charge in [-0.1, -0.05) is 23.8 Å². The number of hydrogen-bond donors (Lipinski definition) is 2. The molecule has 2 aliphatic heterocycles. The van der Waals surface area contributed by atoms with Crippen molar-refractivity contribution < 1.29 is 33.8 Å². The highest BCUT2D eigenvalue weighted by atomic mass is 79.9. The van der Waals surface area contributed by atoms with Crippen LogP contribution in [0.4, 0.5) is 11.4 Å². The van der Waals surface area contributed by atoms with E-state index in [0.717, 1.165) is 28.8 Å². The molecule has 3 aromatic rings. The van der Waals surface area contributed by atoms with Crippen LogP contribution in [0, 0.1) is 18.8 Å². The number of morpholine rings is 1. The Hall–Kier alpha value is -3.38. The summed E-state index contributed by atoms with van der Waals surface area (Å²) < 4.78 is 13.1. The minimum atomic E-state index is -2.38. The minimum absolute atomic E-state index is 0.0901. The fraction of sp³-hybridized carbons (Fsp3) is 0.290. The van der Waals surface area contributed by atoms with Gasteiger partial charge in [0.2, 0.25) is 23.1 Å². The van der Waals surface area contributed by atoms with E-state index in [2.05, 4.69) is 42.1 Å². The number of fused-ring (bicyclic) bond motifs is 1. The molecule has 1 amide bonds. The van der Waals surface area contributed by atoms with E-state index in [-0.39, 0.29) is 11.1 Å². The summed E-state index contributed by atoms with van der Waals surface area (Å²) in [6.07, 6.45) is -1.20. The summed E-state index contributed by atoms with van der Waals surface area (Å²) in [5.74, 6) is -6.81. The quantitative estimate of drug-likeness (QED) is 0.349. The van der Waals surface area contributed by atoms with E-state index in [4.69, 9.17) is 9.47 Å². The second-order valence-electron chi connectivity index (χ2n) is 10.6. The number of benzene rings is 3. The maximum absolute atomic E-state index is 14.0. The fourth-order valence-electron chi connectivity index (χ4n) is 6.10. The van der Waals surface area contributed by atoms with Gasteiger partial charge in [-0.2, -0.15) is 0 Å². The van der Waals surface area contributed by atoms with Gasteiger partial charge in [0.1, 0.15) is 5.92 Å². The van der Waals surface area contributed by atoms with E-state index in [0.29, 0.717) is 28.9 Å². The Kier molecular flexibility index (Phi) is 7.55. The van der Waals surface area contributed by atoms with Crippen molar-refractivity contribution >= 4 is 66.7 Å². The number of carbonyl (C=O) groups is 4. The number of carboxylic acids is 1. The largest absolute Gasteiger partial charge is 0.481 e. The van der Waals surface area contributed by atoms with Gasteiger partial charge in [-0.25, -0.2) is 0 Å². The van der Waals surface area contributed by atoms with Gasteiger partial charge < -0.3 is 24.8 Å². The molecule has 2 heterocycles. The van der Waals surface area contributed by atoms with Crippen LogP contribution in [-0.2, 0) is 19.1 Å². The molecule has 2 unspecified atom stereocenters. The molecule has 216 valence electrons. The van der Waals surface area contributed by atoms with Gasteiger partial charge in [-0.05, 0) is 86.8 Å². The van der Waals surface area contributed by atoms with Crippen LogP contribution >= 0.6 is 31.9 Å². The highest BCUT2D eigenvalue weighted by Crippen LogP contribution is 2.54. The Morgan fingerprint density at radius 3 is 2.29 bits per heavy atom. The number of carbonyl (C=O) groups excluding carboxylic acids is 3. The first-order chi connectivity index (χ1) is 20.1. The zero-order valence-electron chi connectivity index (χ0n) is 22.4. The van der Waals surface area contributed by atoms with Crippen LogP contribution in [0.5, 0.6) is 0 Å². The summed E-state index contributed by atoms with van der Waals surface area (Å²) in [5.41, 5.74) is 0.406. The SMILES string of the molecule is Cc1ccc2c(c1)C(=O)C1(O[C@@H](c3ccc(Br)c(Br)c3)[C@@H](C(=O)Nc3ccc(N4CCOCC4)cc3)C1C(=O)O)C2=O. The lowest BCUT2D eigenvalue weighted by molar-refractivity contribution is -0.147. The molecule has 6 rings (SSSR count). The molecule has 1 spiro atoms. The number of ketones is 2. The van der Waals surface area contributed by atoms with E-state index in [9.17, 15) is 24.3 Å². The molecule has 4 atom stereocenters. The number of ether oxygens (including phenoxy) is 2. The molecular weight excluding hydrogens is 672 g/mol. The summed E-state index contributed by atoms with van der Waals surface area (Å²) >= 11 is 6.87. The Morgan fingerprint density at radius 2 is 1.62 bits per heavy atom. The highest BCUT2D eigenvalue weighted by Gasteiger charge is 2.71. The number of Topliss-reactive ketones (excluding diaryl/α,β-unsaturated/α-hetero) is 2. The summed E-state index contributed by atoms with van der Waals surface area (Å²) in [4.78, 5) is 57.0. The number of amides is 1. The normalized spacial score (nSPS) is 25.1. The standard InChI is InChI=1S/C31H26Br2N2O7/c1-16-2-8-20-21(14-16)28(37)31(27(20)36)25(30(39)40)24(26(42-31)17-3-9-22(32)23(33)15-17)29(38)34-18-4-6-19(7-5-18)35-10-12-41-13-11-35/h2-9,14-15,24-26H,10-13H2,1H3,(H,34,38)(H,39,40)/t24-,25?,26-,31?/m0/s1. The van der Waals surface area contributed by atoms with Crippen LogP contribution in [0.1, 0.15) is 37.9 Å². The molecule has 9 nitrogen and oxygen atoms in total. The van der Waals surface area contributed by atoms with Crippen molar-refractivity contribution in [1.82, 2.24) is 0 Å². The second kappa shape index (κ2) is 11.0. The zero-order chi connectivity index (χ0) is 29.8. The molecular formula is C31H26Br2N2O7. The van der Waals surface area contributed by atoms with Crippen molar-refractivity contribution in [1.29, 1.82) is 0 Å². The Balaban J connectivity index is 1.40. The molecule has 2 saturated heterocycles. The Morgan fingerprint density at radius 1 is 0.929 bits per heavy atom. The maximum Gasteiger partial charge on any atom is 0.311 e. The van der Waals surface area contributed by atoms with E-state index < -0.39 is 47.0 Å². The first kappa shape index (κ1) is 28.7. The third kappa shape index (κ3) is 4.68. The van der Waals surface area contributed by atoms with Crippen LogP contribution in [-0.4, -0.2) is 60.5 Å². The van der Waals surface area contributed by atoms with Crippen molar-refractivity contribution in [3.8, 4) is 0 Å². The average Bonchev–Trinajstić information content (AvgIpc) is 3.45. The van der Waals surface area contributed by atoms with E-state index >= 15 is 0 Å². The lowest BCUT2D eigenvalue weighted by atomic mass is 9.75. The molecule has 0 aromatic heterocycles. The fourth-order valence-corrected chi connectivity index (χ4v) is 6.74. The van der Waals surface area contributed by atoms with Gasteiger partial charge in [0.05, 0.1) is 25.2 Å². The van der Waals surface area contributed by atoms with Crippen molar-refractivity contribution in [2.75, 3.05) is 36.5 Å². The van der Waals surface area contributed by atoms with Crippen LogP contribution in [0.25, 0.3) is 0 Å². The van der Waals surface area contributed by atoms with Crippen molar-refractivity contribution in [3.63, 3.8) is 0 Å². The number of halogens is 2. The predicted molar refractivity (Wildman–Crippen MR) is 161 cm³/mol. The number of nitrogens with one attached hydrogen (secondary N) is 1. The molecule has 1 aliphatic carbocycles. The summed E-state index contributed by atoms with van der Waals surface area (Å²) in [5, 5.41) is 13.4. The molecule has 2 fully saturated rings. The van der Waals surface area contributed by atoms with Crippen LogP contribution < -0.4 is 10.2 Å². The number of carboxylic acid groups (broad SMARTS) is 1. The van der Waals surface area contributed by atoms with Crippen molar-refractivity contribution in [2.24, 2.45) is 11.8 Å². The second-order valence-corrected chi connectivity index (χ2v) is 12.3. The monoisotopic (exact) mass is 696 g/mol. The smallest absolute Gasteiger partial charge is 0.311 e. The highest BCUT2D eigenvalue weighted by molar-refractivity contribution is 9.13. The van der Waals surface area contributed by atoms with Crippen molar-refractivity contribution in [2.45, 2.75) is 18.6 Å². The average molecular weight is 698 g/mol. The lowest BCUT2D eigenvalue weighted by Crippen LogP contribution is -2.52. The van der Waals surface area contributed by atoms with Crippen LogP contribution in [0.2, 0.25) is 0 Å². The molecule has 3 aliphatic rings. The molecule has 0 bridgehead atoms. The lowest BCUT2D eigenvalue weighted by Gasteiger charge is -2.29. The number of nitrogens with zero attached hydrogens (tertiary/aromatic N) is 1. The topological polar surface area (TPSA) is 122 Å². The Labute approximate surface area is 258 Å². The van der Waals surface area contributed by atoms with E-state index in [1.807, 2.05) is 12.1 Å².